The maximum absolute atomic E-state index is 12.1. The molecule has 1 unspecified atom stereocenters. The molecule has 0 heterocycles. The maximum atomic E-state index is 12.1. The first kappa shape index (κ1) is 14.3. The van der Waals surface area contributed by atoms with Crippen LogP contribution in [-0.2, 0) is 0 Å². The first-order valence-electron chi connectivity index (χ1n) is 6.15. The minimum Gasteiger partial charge on any atom is -0.350 e. The van der Waals surface area contributed by atoms with E-state index in [1.165, 1.54) is 12.1 Å². The van der Waals surface area contributed by atoms with E-state index >= 15 is 0 Å². The normalized spacial score (nSPS) is 16.4. The quantitative estimate of drug-likeness (QED) is 0.790. The first-order chi connectivity index (χ1) is 9.06. The second-order valence-corrected chi connectivity index (χ2v) is 5.68. The lowest BCUT2D eigenvalue weighted by molar-refractivity contribution is 0.0950. The lowest BCUT2D eigenvalue weighted by Crippen LogP contribution is -2.38. The van der Waals surface area contributed by atoms with Crippen molar-refractivity contribution >= 4 is 17.7 Å². The highest BCUT2D eigenvalue weighted by Crippen LogP contribution is 2.31. The zero-order valence-corrected chi connectivity index (χ0v) is 11.1. The van der Waals surface area contributed by atoms with Crippen LogP contribution in [0.15, 0.2) is 29.2 Å². The number of amides is 1. The van der Waals surface area contributed by atoms with E-state index in [9.17, 15) is 13.6 Å². The molecule has 2 rings (SSSR count). The number of carbonyl (C=O) groups is 1. The minimum absolute atomic E-state index is 0.0117. The van der Waals surface area contributed by atoms with Crippen molar-refractivity contribution in [2.24, 2.45) is 11.7 Å². The molecule has 0 bridgehead atoms. The summed E-state index contributed by atoms with van der Waals surface area (Å²) >= 11 is 0.464. The number of halogens is 2. The fraction of sp³-hybridized carbons (Fsp3) is 0.462. The minimum atomic E-state index is -2.45. The second-order valence-electron chi connectivity index (χ2n) is 4.61. The molecule has 1 aromatic carbocycles. The van der Waals surface area contributed by atoms with Crippen molar-refractivity contribution in [2.45, 2.75) is 29.5 Å². The molecule has 104 valence electrons. The van der Waals surface area contributed by atoms with Gasteiger partial charge in [-0.2, -0.15) is 8.78 Å². The van der Waals surface area contributed by atoms with E-state index in [2.05, 4.69) is 5.32 Å². The molecule has 19 heavy (non-hydrogen) atoms. The van der Waals surface area contributed by atoms with Crippen LogP contribution in [0.25, 0.3) is 0 Å². The van der Waals surface area contributed by atoms with Crippen LogP contribution >= 0.6 is 11.8 Å². The molecule has 3 N–H and O–H groups in total. The van der Waals surface area contributed by atoms with Gasteiger partial charge in [0, 0.05) is 23.0 Å². The molecule has 3 nitrogen and oxygen atoms in total. The molecular weight excluding hydrogens is 270 g/mol. The summed E-state index contributed by atoms with van der Waals surface area (Å²) < 4.78 is 24.3. The van der Waals surface area contributed by atoms with E-state index in [4.69, 9.17) is 5.73 Å². The van der Waals surface area contributed by atoms with Gasteiger partial charge in [-0.3, -0.25) is 4.79 Å². The monoisotopic (exact) mass is 286 g/mol. The summed E-state index contributed by atoms with van der Waals surface area (Å²) in [4.78, 5) is 12.2. The van der Waals surface area contributed by atoms with Gasteiger partial charge in [-0.1, -0.05) is 11.8 Å². The number of nitrogens with two attached hydrogens (primary N) is 1. The maximum Gasteiger partial charge on any atom is 0.288 e. The molecule has 1 aliphatic carbocycles. The standard InChI is InChI=1S/C13H16F2N2OS/c14-13(15)19-10-5-3-9(4-6-10)12(18)17-7-11(16)8-1-2-8/h3-6,8,11,13H,1-2,7,16H2,(H,17,18). The third-order valence-electron chi connectivity index (χ3n) is 3.07. The van der Waals surface area contributed by atoms with Crippen molar-refractivity contribution in [3.8, 4) is 0 Å². The van der Waals surface area contributed by atoms with Crippen molar-refractivity contribution in [1.29, 1.82) is 0 Å². The fourth-order valence-corrected chi connectivity index (χ4v) is 2.29. The SMILES string of the molecule is NC(CNC(=O)c1ccc(SC(F)F)cc1)C1CC1. The molecular formula is C13H16F2N2OS. The van der Waals surface area contributed by atoms with E-state index in [1.54, 1.807) is 12.1 Å². The van der Waals surface area contributed by atoms with Crippen LogP contribution in [0.2, 0.25) is 0 Å². The Labute approximate surface area is 114 Å². The van der Waals surface area contributed by atoms with Crippen LogP contribution in [0.3, 0.4) is 0 Å². The Bertz CT molecular complexity index is 435. The second kappa shape index (κ2) is 6.34. The lowest BCUT2D eigenvalue weighted by Gasteiger charge is -2.11. The van der Waals surface area contributed by atoms with Gasteiger partial charge in [0.15, 0.2) is 0 Å². The van der Waals surface area contributed by atoms with Gasteiger partial charge >= 0.3 is 0 Å². The van der Waals surface area contributed by atoms with Crippen LogP contribution in [-0.4, -0.2) is 24.3 Å². The van der Waals surface area contributed by atoms with Gasteiger partial charge in [-0.25, -0.2) is 0 Å². The molecule has 1 saturated carbocycles. The van der Waals surface area contributed by atoms with E-state index in [1.807, 2.05) is 0 Å². The lowest BCUT2D eigenvalue weighted by atomic mass is 10.2. The molecule has 6 heteroatoms. The van der Waals surface area contributed by atoms with E-state index in [0.29, 0.717) is 34.7 Å². The third kappa shape index (κ3) is 4.47. The van der Waals surface area contributed by atoms with Gasteiger partial charge < -0.3 is 11.1 Å². The van der Waals surface area contributed by atoms with Crippen LogP contribution in [0.4, 0.5) is 8.78 Å². The summed E-state index contributed by atoms with van der Waals surface area (Å²) in [5, 5.41) is 2.76. The van der Waals surface area contributed by atoms with Crippen LogP contribution in [0, 0.1) is 5.92 Å². The Balaban J connectivity index is 1.84. The highest BCUT2D eigenvalue weighted by atomic mass is 32.2. The summed E-state index contributed by atoms with van der Waals surface area (Å²) in [6, 6.07) is 6.14. The predicted octanol–water partition coefficient (Wildman–Crippen LogP) is 2.47. The number of hydrogen-bond donors (Lipinski definition) is 2. The van der Waals surface area contributed by atoms with Crippen LogP contribution < -0.4 is 11.1 Å². The number of thioether (sulfide) groups is 1. The molecule has 1 amide bonds. The average molecular weight is 286 g/mol. The molecule has 0 spiro atoms. The molecule has 1 atom stereocenters. The topological polar surface area (TPSA) is 55.1 Å². The van der Waals surface area contributed by atoms with Crippen molar-refractivity contribution in [3.05, 3.63) is 29.8 Å². The molecule has 1 fully saturated rings. The van der Waals surface area contributed by atoms with E-state index in [-0.39, 0.29) is 11.9 Å². The smallest absolute Gasteiger partial charge is 0.288 e. The molecule has 1 aliphatic rings. The Morgan fingerprint density at radius 2 is 2.00 bits per heavy atom. The molecule has 0 aliphatic heterocycles. The summed E-state index contributed by atoms with van der Waals surface area (Å²) in [6.45, 7) is 0.455. The van der Waals surface area contributed by atoms with Crippen molar-refractivity contribution < 1.29 is 13.6 Å². The highest BCUT2D eigenvalue weighted by molar-refractivity contribution is 7.99. The van der Waals surface area contributed by atoms with Crippen molar-refractivity contribution in [1.82, 2.24) is 5.32 Å². The first-order valence-corrected chi connectivity index (χ1v) is 7.03. The molecule has 1 aromatic rings. The van der Waals surface area contributed by atoms with Gasteiger partial charge in [0.2, 0.25) is 0 Å². The summed E-state index contributed by atoms with van der Waals surface area (Å²) in [7, 11) is 0. The number of hydrogen-bond acceptors (Lipinski definition) is 3. The Morgan fingerprint density at radius 3 is 2.53 bits per heavy atom. The number of alkyl halides is 2. The predicted molar refractivity (Wildman–Crippen MR) is 71.3 cm³/mol. The van der Waals surface area contributed by atoms with E-state index < -0.39 is 5.76 Å². The third-order valence-corrected chi connectivity index (χ3v) is 3.79. The largest absolute Gasteiger partial charge is 0.350 e. The molecule has 0 saturated heterocycles. The Hall–Kier alpha value is -1.14. The van der Waals surface area contributed by atoms with Crippen LogP contribution in [0.1, 0.15) is 23.2 Å². The van der Waals surface area contributed by atoms with Crippen molar-refractivity contribution in [2.75, 3.05) is 6.54 Å². The van der Waals surface area contributed by atoms with Gasteiger partial charge in [-0.15, -0.1) is 0 Å². The summed E-state index contributed by atoms with van der Waals surface area (Å²) in [6.07, 6.45) is 2.27. The molecule has 0 aromatic heterocycles. The van der Waals surface area contributed by atoms with Gasteiger partial charge in [0.1, 0.15) is 0 Å². The Kier molecular flexibility index (Phi) is 4.76. The zero-order chi connectivity index (χ0) is 13.8. The van der Waals surface area contributed by atoms with Crippen molar-refractivity contribution in [3.63, 3.8) is 0 Å². The van der Waals surface area contributed by atoms with E-state index in [0.717, 1.165) is 12.8 Å². The van der Waals surface area contributed by atoms with Gasteiger partial charge in [-0.05, 0) is 43.0 Å². The Morgan fingerprint density at radius 1 is 1.37 bits per heavy atom. The number of carbonyl (C=O) groups excluding carboxylic acids is 1. The molecule has 0 radical (unpaired) electrons. The van der Waals surface area contributed by atoms with Gasteiger partial charge in [0.05, 0.1) is 0 Å². The highest BCUT2D eigenvalue weighted by Gasteiger charge is 2.28. The number of nitrogens with one attached hydrogen (secondary N) is 1. The van der Waals surface area contributed by atoms with Gasteiger partial charge in [0.25, 0.3) is 11.7 Å². The average Bonchev–Trinajstić information content (AvgIpc) is 3.20. The number of benzene rings is 1. The number of rotatable bonds is 6. The fourth-order valence-electron chi connectivity index (χ4n) is 1.79. The summed E-state index contributed by atoms with van der Waals surface area (Å²) in [5.41, 5.74) is 6.34. The summed E-state index contributed by atoms with van der Waals surface area (Å²) in [5.74, 6) is -2.13. The zero-order valence-electron chi connectivity index (χ0n) is 10.3. The van der Waals surface area contributed by atoms with Crippen LogP contribution in [0.5, 0.6) is 0 Å².